The Balaban J connectivity index is 2.46. The quantitative estimate of drug-likeness (QED) is 0.855. The summed E-state index contributed by atoms with van der Waals surface area (Å²) in [7, 11) is 0. The number of carboxylic acid groups (broad SMARTS) is 1. The molecule has 21 heavy (non-hydrogen) atoms. The standard InChI is InChI=1S/C16H26N2O2S/c1-14(2,3)10-8-17-13(21-9-11(19)20)18(10)12-15(4,5)16(12,6)7/h8,12H,9H2,1-7H3,(H,19,20). The number of hydrogen-bond acceptors (Lipinski definition) is 3. The summed E-state index contributed by atoms with van der Waals surface area (Å²) in [6, 6.07) is 0.359. The van der Waals surface area contributed by atoms with Crippen molar-refractivity contribution in [1.29, 1.82) is 0 Å². The molecule has 0 atom stereocenters. The Kier molecular flexibility index (Phi) is 3.72. The van der Waals surface area contributed by atoms with E-state index in [2.05, 4.69) is 58.0 Å². The van der Waals surface area contributed by atoms with Crippen LogP contribution < -0.4 is 0 Å². The molecule has 0 saturated heterocycles. The molecule has 5 heteroatoms. The largest absolute Gasteiger partial charge is 0.481 e. The molecule has 1 aromatic rings. The van der Waals surface area contributed by atoms with Crippen molar-refractivity contribution in [3.63, 3.8) is 0 Å². The van der Waals surface area contributed by atoms with Crippen molar-refractivity contribution >= 4 is 17.7 Å². The Morgan fingerprint density at radius 2 is 1.86 bits per heavy atom. The fourth-order valence-corrected chi connectivity index (χ4v) is 3.91. The second kappa shape index (κ2) is 4.77. The zero-order valence-electron chi connectivity index (χ0n) is 14.0. The summed E-state index contributed by atoms with van der Waals surface area (Å²) in [5.41, 5.74) is 1.54. The molecule has 1 aromatic heterocycles. The van der Waals surface area contributed by atoms with Gasteiger partial charge in [-0.3, -0.25) is 4.79 Å². The van der Waals surface area contributed by atoms with E-state index in [1.54, 1.807) is 0 Å². The van der Waals surface area contributed by atoms with Crippen LogP contribution in [0.15, 0.2) is 11.4 Å². The monoisotopic (exact) mass is 310 g/mol. The number of imidazole rings is 1. The first-order chi connectivity index (χ1) is 9.40. The van der Waals surface area contributed by atoms with Crippen molar-refractivity contribution in [2.45, 2.75) is 65.1 Å². The van der Waals surface area contributed by atoms with Gasteiger partial charge in [0, 0.05) is 23.3 Å². The molecular weight excluding hydrogens is 284 g/mol. The smallest absolute Gasteiger partial charge is 0.313 e. The van der Waals surface area contributed by atoms with Crippen LogP contribution in [0, 0.1) is 10.8 Å². The van der Waals surface area contributed by atoms with Crippen molar-refractivity contribution in [2.24, 2.45) is 10.8 Å². The first-order valence-corrected chi connectivity index (χ1v) is 8.31. The summed E-state index contributed by atoms with van der Waals surface area (Å²) in [6.07, 6.45) is 1.91. The summed E-state index contributed by atoms with van der Waals surface area (Å²) in [6.45, 7) is 15.6. The molecule has 1 aliphatic rings. The first-order valence-electron chi connectivity index (χ1n) is 7.33. The van der Waals surface area contributed by atoms with Gasteiger partial charge in [0.1, 0.15) is 0 Å². The van der Waals surface area contributed by atoms with Gasteiger partial charge in [-0.2, -0.15) is 0 Å². The van der Waals surface area contributed by atoms with Crippen molar-refractivity contribution in [3.05, 3.63) is 11.9 Å². The molecule has 0 radical (unpaired) electrons. The molecule has 0 unspecified atom stereocenters. The maximum atomic E-state index is 10.9. The third-order valence-electron chi connectivity index (χ3n) is 5.06. The van der Waals surface area contributed by atoms with E-state index in [1.807, 2.05) is 6.20 Å². The molecule has 1 saturated carbocycles. The zero-order valence-corrected chi connectivity index (χ0v) is 14.8. The number of nitrogens with zero attached hydrogens (tertiary/aromatic N) is 2. The summed E-state index contributed by atoms with van der Waals surface area (Å²) < 4.78 is 2.29. The number of aromatic nitrogens is 2. The van der Waals surface area contributed by atoms with Crippen LogP contribution in [0.1, 0.15) is 60.2 Å². The van der Waals surface area contributed by atoms with E-state index in [0.717, 1.165) is 5.16 Å². The fraction of sp³-hybridized carbons (Fsp3) is 0.750. The van der Waals surface area contributed by atoms with E-state index in [-0.39, 0.29) is 22.0 Å². The van der Waals surface area contributed by atoms with Crippen LogP contribution in [0.2, 0.25) is 0 Å². The van der Waals surface area contributed by atoms with Crippen molar-refractivity contribution < 1.29 is 9.90 Å². The Morgan fingerprint density at radius 3 is 2.24 bits per heavy atom. The summed E-state index contributed by atoms with van der Waals surface area (Å²) in [5.74, 6) is -0.755. The summed E-state index contributed by atoms with van der Waals surface area (Å²) >= 11 is 1.31. The third kappa shape index (κ3) is 2.60. The van der Waals surface area contributed by atoms with E-state index in [4.69, 9.17) is 5.11 Å². The minimum absolute atomic E-state index is 0.0101. The lowest BCUT2D eigenvalue weighted by Gasteiger charge is -2.23. The van der Waals surface area contributed by atoms with Gasteiger partial charge in [0.05, 0.1) is 5.75 Å². The van der Waals surface area contributed by atoms with Gasteiger partial charge in [-0.15, -0.1) is 0 Å². The Bertz CT molecular complexity index is 553. The van der Waals surface area contributed by atoms with Gasteiger partial charge < -0.3 is 9.67 Å². The van der Waals surface area contributed by atoms with E-state index in [9.17, 15) is 4.79 Å². The topological polar surface area (TPSA) is 55.1 Å². The van der Waals surface area contributed by atoms with Crippen LogP contribution in [0.3, 0.4) is 0 Å². The molecule has 0 aromatic carbocycles. The number of carboxylic acids is 1. The van der Waals surface area contributed by atoms with Gasteiger partial charge in [0.2, 0.25) is 0 Å². The Labute approximate surface area is 131 Å². The molecule has 2 rings (SSSR count). The number of carbonyl (C=O) groups is 1. The predicted molar refractivity (Wildman–Crippen MR) is 85.9 cm³/mol. The molecule has 118 valence electrons. The lowest BCUT2D eigenvalue weighted by molar-refractivity contribution is -0.133. The van der Waals surface area contributed by atoms with Crippen LogP contribution in [0.25, 0.3) is 0 Å². The lowest BCUT2D eigenvalue weighted by atomic mass is 9.92. The average molecular weight is 310 g/mol. The first kappa shape index (κ1) is 16.4. The van der Waals surface area contributed by atoms with Crippen LogP contribution in [-0.4, -0.2) is 26.4 Å². The van der Waals surface area contributed by atoms with Crippen LogP contribution in [0.4, 0.5) is 0 Å². The number of rotatable bonds is 4. The third-order valence-corrected chi connectivity index (χ3v) is 6.01. The molecule has 0 bridgehead atoms. The highest BCUT2D eigenvalue weighted by molar-refractivity contribution is 7.99. The molecule has 1 fully saturated rings. The Morgan fingerprint density at radius 1 is 1.33 bits per heavy atom. The second-order valence-electron chi connectivity index (χ2n) is 8.07. The van der Waals surface area contributed by atoms with E-state index < -0.39 is 5.97 Å². The molecule has 0 spiro atoms. The lowest BCUT2D eigenvalue weighted by Crippen LogP contribution is -2.19. The second-order valence-corrected chi connectivity index (χ2v) is 9.02. The fourth-order valence-electron chi connectivity index (χ4n) is 3.19. The van der Waals surface area contributed by atoms with Gasteiger partial charge in [-0.25, -0.2) is 4.98 Å². The molecule has 0 amide bonds. The van der Waals surface area contributed by atoms with E-state index >= 15 is 0 Å². The van der Waals surface area contributed by atoms with Crippen LogP contribution in [0.5, 0.6) is 0 Å². The molecule has 1 N–H and O–H groups in total. The predicted octanol–water partition coefficient (Wildman–Crippen LogP) is 3.96. The molecule has 1 aliphatic carbocycles. The van der Waals surface area contributed by atoms with Gasteiger partial charge in [-0.1, -0.05) is 60.2 Å². The van der Waals surface area contributed by atoms with Crippen molar-refractivity contribution in [2.75, 3.05) is 5.75 Å². The number of thioether (sulfide) groups is 1. The molecular formula is C16H26N2O2S. The average Bonchev–Trinajstić information content (AvgIpc) is 2.62. The van der Waals surface area contributed by atoms with Gasteiger partial charge in [0.25, 0.3) is 0 Å². The zero-order chi connectivity index (χ0) is 16.2. The Hall–Kier alpha value is -0.970. The molecule has 0 aliphatic heterocycles. The van der Waals surface area contributed by atoms with Crippen LogP contribution in [-0.2, 0) is 10.2 Å². The van der Waals surface area contributed by atoms with Crippen LogP contribution >= 0.6 is 11.8 Å². The van der Waals surface area contributed by atoms with Gasteiger partial charge >= 0.3 is 5.97 Å². The number of hydrogen-bond donors (Lipinski definition) is 1. The van der Waals surface area contributed by atoms with E-state index in [1.165, 1.54) is 17.5 Å². The molecule has 4 nitrogen and oxygen atoms in total. The van der Waals surface area contributed by atoms with Gasteiger partial charge in [0.15, 0.2) is 5.16 Å². The highest BCUT2D eigenvalue weighted by Crippen LogP contribution is 2.72. The minimum Gasteiger partial charge on any atom is -0.481 e. The minimum atomic E-state index is -0.804. The highest BCUT2D eigenvalue weighted by Gasteiger charge is 2.66. The highest BCUT2D eigenvalue weighted by atomic mass is 32.2. The SMILES string of the molecule is CC(C)(C)c1cnc(SCC(=O)O)n1C1C(C)(C)C1(C)C. The normalized spacial score (nSPS) is 20.5. The van der Waals surface area contributed by atoms with Gasteiger partial charge in [-0.05, 0) is 10.8 Å². The van der Waals surface area contributed by atoms with Crippen molar-refractivity contribution in [1.82, 2.24) is 9.55 Å². The molecule has 1 heterocycles. The van der Waals surface area contributed by atoms with Crippen molar-refractivity contribution in [3.8, 4) is 0 Å². The maximum Gasteiger partial charge on any atom is 0.313 e. The number of aliphatic carboxylic acids is 1. The maximum absolute atomic E-state index is 10.9. The summed E-state index contributed by atoms with van der Waals surface area (Å²) in [4.78, 5) is 15.4. The van der Waals surface area contributed by atoms with E-state index in [0.29, 0.717) is 6.04 Å². The summed E-state index contributed by atoms with van der Waals surface area (Å²) in [5, 5.41) is 9.76.